The summed E-state index contributed by atoms with van der Waals surface area (Å²) >= 11 is 1.83. The second-order valence-electron chi connectivity index (χ2n) is 17.2. The Morgan fingerprint density at radius 1 is 0.965 bits per heavy atom. The standard InChI is InChI=1S/C35H36N3SSi.C14H26O2.Ir/c1-20(2)40(7,21(3)4)30-19-26(18-25-16-22(5)23(6)17-28(25)30)32-34-27(14-15-36-32)33-35(39-34)38-29-11-9-8-10-24(29)12-13-31(38)37-33;1-6-11(7-2)12(15)10-13(16)14(5,8-3)9-4;/h8-11,14-17,19-21H,12-13H2,1-7H3;10-11,16H,6-9H2,1-5H3;/q-1;;/b;13-10-;. The molecule has 57 heavy (non-hydrogen) atoms. The Hall–Kier alpha value is -3.42. The Balaban J connectivity index is 0.000000312. The van der Waals surface area contributed by atoms with E-state index in [1.807, 2.05) is 52.2 Å². The van der Waals surface area contributed by atoms with Crippen molar-refractivity contribution in [3.63, 3.8) is 0 Å². The van der Waals surface area contributed by atoms with Gasteiger partial charge in [0.25, 0.3) is 0 Å². The Labute approximate surface area is 359 Å². The molecule has 0 atom stereocenters. The Kier molecular flexibility index (Phi) is 14.0. The molecule has 6 aromatic rings. The summed E-state index contributed by atoms with van der Waals surface area (Å²) in [4.78, 5) is 23.3. The second-order valence-corrected chi connectivity index (χ2v) is 23.6. The van der Waals surface area contributed by atoms with Crippen LogP contribution in [0.4, 0.5) is 0 Å². The van der Waals surface area contributed by atoms with E-state index in [1.54, 1.807) is 0 Å². The van der Waals surface area contributed by atoms with Crippen LogP contribution in [0.15, 0.2) is 66.6 Å². The van der Waals surface area contributed by atoms with Crippen LogP contribution >= 0.6 is 11.3 Å². The molecule has 0 spiro atoms. The molecule has 0 saturated heterocycles. The van der Waals surface area contributed by atoms with E-state index >= 15 is 0 Å². The Morgan fingerprint density at radius 2 is 1.61 bits per heavy atom. The molecule has 5 nitrogen and oxygen atoms in total. The number of rotatable bonds is 11. The maximum atomic E-state index is 11.9. The van der Waals surface area contributed by atoms with Crippen LogP contribution in [0, 0.1) is 31.2 Å². The van der Waals surface area contributed by atoms with Gasteiger partial charge in [0.15, 0.2) is 5.78 Å². The molecule has 0 fully saturated rings. The number of thiophene rings is 1. The number of para-hydroxylation sites is 1. The number of aliphatic hydroxyl groups is 1. The number of carbonyl (C=O) groups is 1. The first-order chi connectivity index (χ1) is 26.6. The molecule has 1 aliphatic rings. The molecule has 1 radical (unpaired) electrons. The van der Waals surface area contributed by atoms with Crippen LogP contribution in [0.3, 0.4) is 0 Å². The van der Waals surface area contributed by atoms with E-state index in [1.165, 1.54) is 65.2 Å². The maximum Gasteiger partial charge on any atom is 0.162 e. The third kappa shape index (κ3) is 8.14. The van der Waals surface area contributed by atoms with Crippen molar-refractivity contribution in [2.24, 2.45) is 11.3 Å². The van der Waals surface area contributed by atoms with Crippen molar-refractivity contribution < 1.29 is 30.0 Å². The number of aryl methyl sites for hydroxylation is 4. The number of ketones is 1. The molecule has 0 amide bonds. The van der Waals surface area contributed by atoms with Crippen LogP contribution in [0.2, 0.25) is 17.6 Å². The minimum Gasteiger partial charge on any atom is -0.512 e. The average molecular weight is 977 g/mol. The average Bonchev–Trinajstić information content (AvgIpc) is 3.74. The van der Waals surface area contributed by atoms with Gasteiger partial charge in [0, 0.05) is 65.9 Å². The van der Waals surface area contributed by atoms with E-state index in [-0.39, 0.29) is 43.0 Å². The summed E-state index contributed by atoms with van der Waals surface area (Å²) in [5.74, 6) is 1.53. The van der Waals surface area contributed by atoms with Crippen molar-refractivity contribution in [1.29, 1.82) is 0 Å². The predicted molar refractivity (Wildman–Crippen MR) is 243 cm³/mol. The number of hydrogen-bond acceptors (Lipinski definition) is 5. The van der Waals surface area contributed by atoms with Crippen LogP contribution in [-0.2, 0) is 37.7 Å². The van der Waals surface area contributed by atoms with Crippen molar-refractivity contribution in [3.8, 4) is 16.9 Å². The number of aromatic nitrogens is 3. The maximum absolute atomic E-state index is 11.9. The number of allylic oxidation sites excluding steroid dienone is 2. The van der Waals surface area contributed by atoms with Gasteiger partial charge in [0.2, 0.25) is 0 Å². The number of fused-ring (bicyclic) bond motifs is 8. The summed E-state index contributed by atoms with van der Waals surface area (Å²) in [6.07, 6.45) is 8.83. The summed E-state index contributed by atoms with van der Waals surface area (Å²) < 4.78 is 3.60. The monoisotopic (exact) mass is 977 g/mol. The van der Waals surface area contributed by atoms with Crippen LogP contribution in [0.25, 0.3) is 48.2 Å². The number of pyridine rings is 1. The molecule has 0 saturated carbocycles. The largest absolute Gasteiger partial charge is 0.512 e. The molecular formula is C49H62IrN3O2SSi-. The predicted octanol–water partition coefficient (Wildman–Crippen LogP) is 13.3. The fourth-order valence-corrected chi connectivity index (χ4v) is 13.6. The fraction of sp³-hybridized carbons (Fsp3) is 0.449. The molecule has 0 aliphatic carbocycles. The molecule has 1 aliphatic heterocycles. The summed E-state index contributed by atoms with van der Waals surface area (Å²) in [6.45, 7) is 26.8. The van der Waals surface area contributed by atoms with Gasteiger partial charge in [0.05, 0.1) is 13.8 Å². The minimum absolute atomic E-state index is 0. The van der Waals surface area contributed by atoms with Crippen molar-refractivity contribution in [1.82, 2.24) is 14.5 Å². The molecule has 0 bridgehead atoms. The molecule has 8 heteroatoms. The number of nitrogens with zero attached hydrogens (tertiary/aromatic N) is 3. The van der Waals surface area contributed by atoms with E-state index in [2.05, 4.69) is 107 Å². The van der Waals surface area contributed by atoms with Crippen molar-refractivity contribution in [2.75, 3.05) is 0 Å². The molecule has 1 N–H and O–H groups in total. The zero-order valence-corrected chi connectivity index (χ0v) is 40.4. The van der Waals surface area contributed by atoms with E-state index in [4.69, 9.17) is 9.97 Å². The molecule has 305 valence electrons. The van der Waals surface area contributed by atoms with Crippen LogP contribution < -0.4 is 5.19 Å². The molecule has 7 rings (SSSR count). The van der Waals surface area contributed by atoms with Crippen molar-refractivity contribution >= 4 is 61.6 Å². The summed E-state index contributed by atoms with van der Waals surface area (Å²) in [5, 5.41) is 15.3. The van der Waals surface area contributed by atoms with Crippen LogP contribution in [0.1, 0.15) is 111 Å². The molecule has 3 aromatic carbocycles. The zero-order valence-electron chi connectivity index (χ0n) is 36.2. The van der Waals surface area contributed by atoms with Gasteiger partial charge in [-0.1, -0.05) is 115 Å². The number of imidazole rings is 1. The SMILES string of the molecule is CCC(CC)C(=O)/C=C(\O)C(C)(CC)CC.Cc1cc2[c-]c(-c3nccc4c3sc3c4nc4n3-c3ccccc3CC4)cc([Si](C)(C(C)C)C(C)C)c2cc1C.[Ir]. The topological polar surface area (TPSA) is 68.0 Å². The first-order valence-corrected chi connectivity index (χ1v) is 24.4. The van der Waals surface area contributed by atoms with Gasteiger partial charge in [-0.25, -0.2) is 4.98 Å². The van der Waals surface area contributed by atoms with Crippen molar-refractivity contribution in [3.05, 3.63) is 95.1 Å². The quantitative estimate of drug-likeness (QED) is 0.0608. The molecule has 4 heterocycles. The van der Waals surface area contributed by atoms with E-state index < -0.39 is 8.07 Å². The Morgan fingerprint density at radius 3 is 2.25 bits per heavy atom. The first-order valence-electron chi connectivity index (χ1n) is 20.9. The van der Waals surface area contributed by atoms with E-state index in [9.17, 15) is 9.90 Å². The summed E-state index contributed by atoms with van der Waals surface area (Å²) in [5.41, 5.74) is 9.57. The van der Waals surface area contributed by atoms with E-state index in [0.29, 0.717) is 11.1 Å². The smallest absolute Gasteiger partial charge is 0.162 e. The van der Waals surface area contributed by atoms with Crippen LogP contribution in [-0.4, -0.2) is 33.5 Å². The second kappa shape index (κ2) is 17.8. The molecular weight excluding hydrogens is 915 g/mol. The number of hydrogen-bond donors (Lipinski definition) is 1. The van der Waals surface area contributed by atoms with Gasteiger partial charge < -0.3 is 5.11 Å². The number of benzene rings is 3. The molecule has 0 unspecified atom stereocenters. The summed E-state index contributed by atoms with van der Waals surface area (Å²) in [7, 11) is -1.86. The van der Waals surface area contributed by atoms with Gasteiger partial charge in [-0.05, 0) is 74.7 Å². The van der Waals surface area contributed by atoms with Gasteiger partial charge in [-0.3, -0.25) is 14.3 Å². The third-order valence-electron chi connectivity index (χ3n) is 13.7. The fourth-order valence-electron chi connectivity index (χ4n) is 8.49. The first kappa shape index (κ1) is 44.7. The van der Waals surface area contributed by atoms with Gasteiger partial charge in [-0.2, -0.15) is 0 Å². The van der Waals surface area contributed by atoms with Crippen molar-refractivity contribution in [2.45, 2.75) is 132 Å². The Bertz CT molecular complexity index is 2420. The number of aliphatic hydroxyl groups excluding tert-OH is 1. The van der Waals surface area contributed by atoms with E-state index in [0.717, 1.165) is 55.3 Å². The third-order valence-corrected chi connectivity index (χ3v) is 21.2. The molecule has 3 aromatic heterocycles. The minimum atomic E-state index is -1.86. The van der Waals surface area contributed by atoms with Crippen LogP contribution in [0.5, 0.6) is 0 Å². The summed E-state index contributed by atoms with van der Waals surface area (Å²) in [6, 6.07) is 22.0. The normalized spacial score (nSPS) is 13.3. The number of carbonyl (C=O) groups excluding carboxylic acids is 1. The van der Waals surface area contributed by atoms with Gasteiger partial charge in [0.1, 0.15) is 21.9 Å². The van der Waals surface area contributed by atoms with Gasteiger partial charge >= 0.3 is 0 Å². The van der Waals surface area contributed by atoms with Gasteiger partial charge in [-0.15, -0.1) is 40.1 Å². The zero-order chi connectivity index (χ0) is 40.7.